The molecule has 1 aliphatic rings. The summed E-state index contributed by atoms with van der Waals surface area (Å²) in [7, 11) is 0. The Morgan fingerprint density at radius 2 is 2.24 bits per heavy atom. The largest absolute Gasteiger partial charge is 0.381 e. The zero-order valence-electron chi connectivity index (χ0n) is 11.3. The minimum Gasteiger partial charge on any atom is -0.381 e. The molecule has 0 bridgehead atoms. The van der Waals surface area contributed by atoms with Crippen molar-refractivity contribution in [1.82, 2.24) is 4.90 Å². The zero-order chi connectivity index (χ0) is 12.8. The molecule has 0 radical (unpaired) electrons. The third-order valence-electron chi connectivity index (χ3n) is 3.74. The molecule has 0 aromatic rings. The fourth-order valence-corrected chi connectivity index (χ4v) is 2.12. The predicted molar refractivity (Wildman–Crippen MR) is 68.6 cm³/mol. The van der Waals surface area contributed by atoms with Gasteiger partial charge in [-0.15, -0.1) is 0 Å². The smallest absolute Gasteiger partial charge is 0.239 e. The van der Waals surface area contributed by atoms with Crippen molar-refractivity contribution in [3.63, 3.8) is 0 Å². The fraction of sp³-hybridized carbons (Fsp3) is 0.923. The van der Waals surface area contributed by atoms with Gasteiger partial charge in [0.15, 0.2) is 0 Å². The van der Waals surface area contributed by atoms with Gasteiger partial charge in [0.2, 0.25) is 5.91 Å². The Morgan fingerprint density at radius 1 is 1.53 bits per heavy atom. The van der Waals surface area contributed by atoms with E-state index in [0.29, 0.717) is 5.92 Å². The van der Waals surface area contributed by atoms with E-state index in [0.717, 1.165) is 39.1 Å². The minimum absolute atomic E-state index is 0.0914. The van der Waals surface area contributed by atoms with Gasteiger partial charge in [0.05, 0.1) is 12.6 Å². The second kappa shape index (κ2) is 6.97. The van der Waals surface area contributed by atoms with Crippen molar-refractivity contribution in [3.05, 3.63) is 0 Å². The van der Waals surface area contributed by atoms with Crippen LogP contribution in [0, 0.1) is 11.8 Å². The fourth-order valence-electron chi connectivity index (χ4n) is 2.12. The lowest BCUT2D eigenvalue weighted by molar-refractivity contribution is -0.134. The van der Waals surface area contributed by atoms with Crippen LogP contribution in [-0.2, 0) is 9.53 Å². The van der Waals surface area contributed by atoms with Gasteiger partial charge in [-0.3, -0.25) is 4.79 Å². The van der Waals surface area contributed by atoms with Gasteiger partial charge in [0, 0.05) is 25.6 Å². The Balaban J connectivity index is 2.50. The molecule has 100 valence electrons. The van der Waals surface area contributed by atoms with Gasteiger partial charge in [-0.1, -0.05) is 20.3 Å². The number of ether oxygens (including phenoxy) is 1. The Bertz CT molecular complexity index is 240. The predicted octanol–water partition coefficient (Wildman–Crippen LogP) is 1.24. The van der Waals surface area contributed by atoms with E-state index in [4.69, 9.17) is 10.5 Å². The first-order valence-corrected chi connectivity index (χ1v) is 6.72. The number of carbonyl (C=O) groups is 1. The molecule has 0 saturated carbocycles. The van der Waals surface area contributed by atoms with Crippen LogP contribution in [0.25, 0.3) is 0 Å². The molecule has 0 aliphatic carbocycles. The molecule has 17 heavy (non-hydrogen) atoms. The maximum absolute atomic E-state index is 12.2. The Hall–Kier alpha value is -0.610. The SMILES string of the molecule is CCC(C)C(N)C(=O)N(CC)CC1CCOC1. The summed E-state index contributed by atoms with van der Waals surface area (Å²) in [5.74, 6) is 0.827. The van der Waals surface area contributed by atoms with Gasteiger partial charge < -0.3 is 15.4 Å². The number of carbonyl (C=O) groups excluding carboxylic acids is 1. The molecule has 1 heterocycles. The third-order valence-corrected chi connectivity index (χ3v) is 3.74. The average Bonchev–Trinajstić information content (AvgIpc) is 2.85. The molecule has 1 fully saturated rings. The van der Waals surface area contributed by atoms with Crippen LogP contribution in [0.2, 0.25) is 0 Å². The van der Waals surface area contributed by atoms with Gasteiger partial charge in [-0.25, -0.2) is 0 Å². The first-order chi connectivity index (χ1) is 8.10. The average molecular weight is 242 g/mol. The molecular formula is C13H26N2O2. The summed E-state index contributed by atoms with van der Waals surface area (Å²) in [6.45, 7) is 9.25. The molecule has 2 N–H and O–H groups in total. The highest BCUT2D eigenvalue weighted by molar-refractivity contribution is 5.81. The van der Waals surface area contributed by atoms with Gasteiger partial charge in [-0.05, 0) is 19.3 Å². The Labute approximate surface area is 104 Å². The highest BCUT2D eigenvalue weighted by Crippen LogP contribution is 2.16. The van der Waals surface area contributed by atoms with E-state index in [1.807, 2.05) is 18.7 Å². The maximum atomic E-state index is 12.2. The molecule has 4 heteroatoms. The van der Waals surface area contributed by atoms with Crippen LogP contribution in [-0.4, -0.2) is 43.2 Å². The maximum Gasteiger partial charge on any atom is 0.239 e. The molecule has 4 nitrogen and oxygen atoms in total. The number of rotatable bonds is 6. The molecule has 0 spiro atoms. The summed E-state index contributed by atoms with van der Waals surface area (Å²) in [5, 5.41) is 0. The highest BCUT2D eigenvalue weighted by Gasteiger charge is 2.27. The lowest BCUT2D eigenvalue weighted by atomic mass is 9.98. The second-order valence-corrected chi connectivity index (χ2v) is 5.02. The lowest BCUT2D eigenvalue weighted by Gasteiger charge is -2.28. The van der Waals surface area contributed by atoms with Crippen LogP contribution in [0.1, 0.15) is 33.6 Å². The Morgan fingerprint density at radius 3 is 2.71 bits per heavy atom. The van der Waals surface area contributed by atoms with E-state index in [9.17, 15) is 4.79 Å². The van der Waals surface area contributed by atoms with Gasteiger partial charge in [-0.2, -0.15) is 0 Å². The van der Waals surface area contributed by atoms with Crippen molar-refractivity contribution in [3.8, 4) is 0 Å². The second-order valence-electron chi connectivity index (χ2n) is 5.02. The summed E-state index contributed by atoms with van der Waals surface area (Å²) in [6.07, 6.45) is 2.00. The molecule has 0 aromatic carbocycles. The van der Waals surface area contributed by atoms with Crippen molar-refractivity contribution >= 4 is 5.91 Å². The topological polar surface area (TPSA) is 55.6 Å². The van der Waals surface area contributed by atoms with Crippen LogP contribution < -0.4 is 5.73 Å². The van der Waals surface area contributed by atoms with Crippen LogP contribution in [0.4, 0.5) is 0 Å². The number of amides is 1. The zero-order valence-corrected chi connectivity index (χ0v) is 11.3. The van der Waals surface area contributed by atoms with Crippen LogP contribution in [0.15, 0.2) is 0 Å². The molecular weight excluding hydrogens is 216 g/mol. The third kappa shape index (κ3) is 3.96. The van der Waals surface area contributed by atoms with E-state index in [1.165, 1.54) is 0 Å². The van der Waals surface area contributed by atoms with Crippen LogP contribution in [0.5, 0.6) is 0 Å². The summed E-state index contributed by atoms with van der Waals surface area (Å²) < 4.78 is 5.34. The molecule has 1 amide bonds. The molecule has 1 rings (SSSR count). The van der Waals surface area contributed by atoms with E-state index in [1.54, 1.807) is 0 Å². The monoisotopic (exact) mass is 242 g/mol. The van der Waals surface area contributed by atoms with E-state index < -0.39 is 0 Å². The standard InChI is InChI=1S/C13H26N2O2/c1-4-10(3)12(14)13(16)15(5-2)8-11-6-7-17-9-11/h10-12H,4-9,14H2,1-3H3. The quantitative estimate of drug-likeness (QED) is 0.762. The molecule has 3 unspecified atom stereocenters. The van der Waals surface area contributed by atoms with Crippen molar-refractivity contribution in [2.75, 3.05) is 26.3 Å². The molecule has 1 aliphatic heterocycles. The summed E-state index contributed by atoms with van der Waals surface area (Å²) in [6, 6.07) is -0.359. The summed E-state index contributed by atoms with van der Waals surface area (Å²) in [4.78, 5) is 14.1. The van der Waals surface area contributed by atoms with Gasteiger partial charge in [0.25, 0.3) is 0 Å². The number of hydrogen-bond donors (Lipinski definition) is 1. The van der Waals surface area contributed by atoms with Gasteiger partial charge >= 0.3 is 0 Å². The number of nitrogens with two attached hydrogens (primary N) is 1. The lowest BCUT2D eigenvalue weighted by Crippen LogP contribution is -2.48. The van der Waals surface area contributed by atoms with Crippen molar-refractivity contribution in [2.45, 2.75) is 39.7 Å². The number of nitrogens with zero attached hydrogens (tertiary/aromatic N) is 1. The first kappa shape index (κ1) is 14.5. The van der Waals surface area contributed by atoms with Crippen LogP contribution >= 0.6 is 0 Å². The van der Waals surface area contributed by atoms with E-state index in [-0.39, 0.29) is 17.9 Å². The highest BCUT2D eigenvalue weighted by atomic mass is 16.5. The molecule has 3 atom stereocenters. The minimum atomic E-state index is -0.359. The normalized spacial score (nSPS) is 23.4. The number of likely N-dealkylation sites (N-methyl/N-ethyl adjacent to an activating group) is 1. The molecule has 0 aromatic heterocycles. The summed E-state index contributed by atoms with van der Waals surface area (Å²) >= 11 is 0. The van der Waals surface area contributed by atoms with Gasteiger partial charge in [0.1, 0.15) is 0 Å². The van der Waals surface area contributed by atoms with Crippen molar-refractivity contribution < 1.29 is 9.53 Å². The molecule has 1 saturated heterocycles. The first-order valence-electron chi connectivity index (χ1n) is 6.72. The van der Waals surface area contributed by atoms with Crippen molar-refractivity contribution in [2.24, 2.45) is 17.6 Å². The number of hydrogen-bond acceptors (Lipinski definition) is 3. The summed E-state index contributed by atoms with van der Waals surface area (Å²) in [5.41, 5.74) is 6.00. The Kier molecular flexibility index (Phi) is 5.92. The van der Waals surface area contributed by atoms with Crippen molar-refractivity contribution in [1.29, 1.82) is 0 Å². The van der Waals surface area contributed by atoms with Crippen LogP contribution in [0.3, 0.4) is 0 Å². The van der Waals surface area contributed by atoms with E-state index >= 15 is 0 Å². The van der Waals surface area contributed by atoms with E-state index in [2.05, 4.69) is 6.92 Å².